The van der Waals surface area contributed by atoms with Crippen LogP contribution in [-0.4, -0.2) is 23.1 Å². The lowest BCUT2D eigenvalue weighted by Gasteiger charge is -2.34. The van der Waals surface area contributed by atoms with Gasteiger partial charge in [0, 0.05) is 0 Å². The number of aliphatic carboxylic acids is 1. The Morgan fingerprint density at radius 1 is 1.03 bits per heavy atom. The SMILES string of the molecule is CC(C)CCCCCCC(CCC(C)CC(C)(C)C)OC(=O)C1(C)C=CCCC1C(=O)O. The Bertz CT molecular complexity index is 601. The van der Waals surface area contributed by atoms with Gasteiger partial charge in [-0.2, -0.15) is 0 Å². The van der Waals surface area contributed by atoms with Crippen molar-refractivity contribution in [2.75, 3.05) is 0 Å². The standard InChI is InChI=1S/C28H50O4/c1-21(2)14-10-8-9-11-15-23(18-17-22(3)20-27(4,5)6)32-26(31)28(7)19-13-12-16-24(28)25(29)30/h13,19,21-24H,8-12,14-18,20H2,1-7H3,(H,29,30). The molecule has 0 spiro atoms. The normalized spacial score (nSPS) is 23.2. The van der Waals surface area contributed by atoms with Crippen molar-refractivity contribution < 1.29 is 19.4 Å². The maximum absolute atomic E-state index is 13.2. The molecule has 4 heteroatoms. The fraction of sp³-hybridized carbons (Fsp3) is 0.857. The van der Waals surface area contributed by atoms with E-state index in [-0.39, 0.29) is 17.5 Å². The Hall–Kier alpha value is -1.32. The number of esters is 1. The summed E-state index contributed by atoms with van der Waals surface area (Å²) >= 11 is 0. The molecule has 0 saturated carbocycles. The number of rotatable bonds is 14. The van der Waals surface area contributed by atoms with Crippen LogP contribution in [0.5, 0.6) is 0 Å². The first kappa shape index (κ1) is 28.7. The highest BCUT2D eigenvalue weighted by molar-refractivity contribution is 5.86. The van der Waals surface area contributed by atoms with Gasteiger partial charge in [0.25, 0.3) is 0 Å². The second-order valence-corrected chi connectivity index (χ2v) is 12.0. The fourth-order valence-electron chi connectivity index (χ4n) is 5.03. The van der Waals surface area contributed by atoms with Crippen LogP contribution in [0.15, 0.2) is 12.2 Å². The molecule has 0 aromatic rings. The highest BCUT2D eigenvalue weighted by Crippen LogP contribution is 2.39. The van der Waals surface area contributed by atoms with Crippen molar-refractivity contribution >= 4 is 11.9 Å². The molecule has 4 unspecified atom stereocenters. The summed E-state index contributed by atoms with van der Waals surface area (Å²) in [5.41, 5.74) is -0.784. The van der Waals surface area contributed by atoms with Gasteiger partial charge in [-0.1, -0.05) is 79.4 Å². The van der Waals surface area contributed by atoms with E-state index in [4.69, 9.17) is 4.74 Å². The Balaban J connectivity index is 2.73. The Morgan fingerprint density at radius 3 is 2.22 bits per heavy atom. The van der Waals surface area contributed by atoms with Gasteiger partial charge in [0.2, 0.25) is 0 Å². The van der Waals surface area contributed by atoms with Crippen molar-refractivity contribution in [1.82, 2.24) is 0 Å². The van der Waals surface area contributed by atoms with Crippen LogP contribution in [0.1, 0.15) is 119 Å². The minimum Gasteiger partial charge on any atom is -0.481 e. The summed E-state index contributed by atoms with van der Waals surface area (Å²) in [7, 11) is 0. The molecule has 0 aromatic heterocycles. The molecule has 0 aromatic carbocycles. The van der Waals surface area contributed by atoms with Crippen LogP contribution in [0, 0.1) is 28.6 Å². The first-order valence-corrected chi connectivity index (χ1v) is 13.0. The minimum atomic E-state index is -1.07. The predicted molar refractivity (Wildman–Crippen MR) is 132 cm³/mol. The largest absolute Gasteiger partial charge is 0.481 e. The van der Waals surface area contributed by atoms with Gasteiger partial charge < -0.3 is 9.84 Å². The topological polar surface area (TPSA) is 63.6 Å². The number of carboxylic acid groups (broad SMARTS) is 1. The smallest absolute Gasteiger partial charge is 0.316 e. The molecule has 0 fully saturated rings. The van der Waals surface area contributed by atoms with Gasteiger partial charge >= 0.3 is 11.9 Å². The van der Waals surface area contributed by atoms with Crippen molar-refractivity contribution in [3.05, 3.63) is 12.2 Å². The van der Waals surface area contributed by atoms with E-state index in [1.54, 1.807) is 13.0 Å². The van der Waals surface area contributed by atoms with Crippen LogP contribution in [-0.2, 0) is 14.3 Å². The first-order valence-electron chi connectivity index (χ1n) is 13.0. The number of ether oxygens (including phenoxy) is 1. The number of hydrogen-bond acceptors (Lipinski definition) is 3. The molecule has 0 aliphatic heterocycles. The summed E-state index contributed by atoms with van der Waals surface area (Å²) in [6.45, 7) is 15.3. The predicted octanol–water partition coefficient (Wildman–Crippen LogP) is 7.80. The van der Waals surface area contributed by atoms with Gasteiger partial charge in [0.15, 0.2) is 0 Å². The molecule has 32 heavy (non-hydrogen) atoms. The average Bonchev–Trinajstić information content (AvgIpc) is 2.66. The van der Waals surface area contributed by atoms with Crippen LogP contribution in [0.2, 0.25) is 0 Å². The molecule has 0 bridgehead atoms. The molecule has 186 valence electrons. The van der Waals surface area contributed by atoms with Crippen LogP contribution in [0.25, 0.3) is 0 Å². The Labute approximate surface area is 197 Å². The van der Waals surface area contributed by atoms with Crippen LogP contribution in [0.3, 0.4) is 0 Å². The van der Waals surface area contributed by atoms with Gasteiger partial charge in [0.1, 0.15) is 6.10 Å². The van der Waals surface area contributed by atoms with Crippen LogP contribution < -0.4 is 0 Å². The maximum atomic E-state index is 13.2. The Morgan fingerprint density at radius 2 is 1.66 bits per heavy atom. The zero-order valence-corrected chi connectivity index (χ0v) is 21.9. The van der Waals surface area contributed by atoms with Crippen molar-refractivity contribution in [2.24, 2.45) is 28.6 Å². The molecule has 0 radical (unpaired) electrons. The van der Waals surface area contributed by atoms with E-state index in [0.29, 0.717) is 18.8 Å². The second-order valence-electron chi connectivity index (χ2n) is 12.0. The zero-order chi connectivity index (χ0) is 24.4. The number of carbonyl (C=O) groups is 2. The van der Waals surface area contributed by atoms with Crippen molar-refractivity contribution in [3.8, 4) is 0 Å². The summed E-state index contributed by atoms with van der Waals surface area (Å²) < 4.78 is 6.05. The Kier molecular flexibility index (Phi) is 12.0. The lowest BCUT2D eigenvalue weighted by atomic mass is 9.71. The molecule has 1 rings (SSSR count). The first-order chi connectivity index (χ1) is 14.8. The van der Waals surface area contributed by atoms with Crippen molar-refractivity contribution in [2.45, 2.75) is 125 Å². The zero-order valence-electron chi connectivity index (χ0n) is 21.9. The number of allylic oxidation sites excluding steroid dienone is 1. The quantitative estimate of drug-likeness (QED) is 0.166. The molecule has 1 N–H and O–H groups in total. The summed E-state index contributed by atoms with van der Waals surface area (Å²) in [6, 6.07) is 0. The van der Waals surface area contributed by atoms with Gasteiger partial charge in [-0.15, -0.1) is 0 Å². The monoisotopic (exact) mass is 450 g/mol. The van der Waals surface area contributed by atoms with Crippen LogP contribution in [0.4, 0.5) is 0 Å². The minimum absolute atomic E-state index is 0.128. The lowest BCUT2D eigenvalue weighted by molar-refractivity contribution is -0.168. The van der Waals surface area contributed by atoms with E-state index in [2.05, 4.69) is 41.5 Å². The highest BCUT2D eigenvalue weighted by atomic mass is 16.5. The van der Waals surface area contributed by atoms with E-state index in [9.17, 15) is 14.7 Å². The number of hydrogen-bond donors (Lipinski definition) is 1. The molecule has 0 heterocycles. The molecule has 4 atom stereocenters. The summed E-state index contributed by atoms with van der Waals surface area (Å²) in [5, 5.41) is 9.66. The fourth-order valence-corrected chi connectivity index (χ4v) is 5.03. The van der Waals surface area contributed by atoms with Gasteiger partial charge in [-0.25, -0.2) is 0 Å². The number of carboxylic acids is 1. The maximum Gasteiger partial charge on any atom is 0.316 e. The summed E-state index contributed by atoms with van der Waals surface area (Å²) in [6.07, 6.45) is 14.6. The second kappa shape index (κ2) is 13.4. The van der Waals surface area contributed by atoms with Gasteiger partial charge in [-0.05, 0) is 69.1 Å². The lowest BCUT2D eigenvalue weighted by Crippen LogP contribution is -2.42. The molecule has 0 amide bonds. The number of carbonyl (C=O) groups excluding carboxylic acids is 1. The van der Waals surface area contributed by atoms with E-state index in [0.717, 1.165) is 44.4 Å². The van der Waals surface area contributed by atoms with E-state index >= 15 is 0 Å². The van der Waals surface area contributed by atoms with Gasteiger partial charge in [0.05, 0.1) is 11.3 Å². The van der Waals surface area contributed by atoms with Crippen molar-refractivity contribution in [3.63, 3.8) is 0 Å². The van der Waals surface area contributed by atoms with E-state index in [1.165, 1.54) is 19.3 Å². The average molecular weight is 451 g/mol. The molecule has 1 aliphatic carbocycles. The third-order valence-electron chi connectivity index (χ3n) is 6.82. The van der Waals surface area contributed by atoms with E-state index in [1.807, 2.05) is 6.08 Å². The summed E-state index contributed by atoms with van der Waals surface area (Å²) in [4.78, 5) is 25.0. The highest BCUT2D eigenvalue weighted by Gasteiger charge is 2.46. The molecule has 1 aliphatic rings. The van der Waals surface area contributed by atoms with Crippen molar-refractivity contribution in [1.29, 1.82) is 0 Å². The molecular weight excluding hydrogens is 400 g/mol. The molecule has 0 saturated heterocycles. The number of unbranched alkanes of at least 4 members (excludes halogenated alkanes) is 3. The van der Waals surface area contributed by atoms with Crippen LogP contribution >= 0.6 is 0 Å². The third-order valence-corrected chi connectivity index (χ3v) is 6.82. The molecular formula is C28H50O4. The molecule has 4 nitrogen and oxygen atoms in total. The van der Waals surface area contributed by atoms with Gasteiger partial charge in [-0.3, -0.25) is 9.59 Å². The summed E-state index contributed by atoms with van der Waals surface area (Å²) in [5.74, 6) is -0.668. The third kappa shape index (κ3) is 10.5. The van der Waals surface area contributed by atoms with E-state index < -0.39 is 17.3 Å².